The molecule has 0 saturated carbocycles. The molecule has 1 aliphatic rings. The first-order valence-corrected chi connectivity index (χ1v) is 14.7. The summed E-state index contributed by atoms with van der Waals surface area (Å²) in [7, 11) is -9.63. The number of nitrogens with one attached hydrogen (secondary N) is 1. The van der Waals surface area contributed by atoms with Crippen molar-refractivity contribution in [3.05, 3.63) is 53.1 Å². The number of benzene rings is 1. The van der Waals surface area contributed by atoms with Crippen LogP contribution >= 0.6 is 26.8 Å². The molecular weight excluding hydrogens is 560 g/mol. The summed E-state index contributed by atoms with van der Waals surface area (Å²) in [6.07, 6.45) is -5.55. The van der Waals surface area contributed by atoms with E-state index in [4.69, 9.17) is 26.1 Å². The lowest BCUT2D eigenvalue weighted by molar-refractivity contribution is -0.0472. The van der Waals surface area contributed by atoms with Crippen LogP contribution in [0, 0.1) is 5.82 Å². The number of pyridine rings is 1. The summed E-state index contributed by atoms with van der Waals surface area (Å²) in [5.74, 6) is -1.86. The maximum atomic E-state index is 15.0. The topological polar surface area (TPSA) is 176 Å². The van der Waals surface area contributed by atoms with Crippen LogP contribution in [-0.4, -0.2) is 65.4 Å². The second-order valence-corrected chi connectivity index (χ2v) is 12.8. The summed E-state index contributed by atoms with van der Waals surface area (Å²) < 4.78 is 63.3. The fraction of sp³-hybridized carbons (Fsp3) is 0.400. The van der Waals surface area contributed by atoms with E-state index in [2.05, 4.69) is 19.9 Å². The maximum absolute atomic E-state index is 15.0. The smallest absolute Gasteiger partial charge is 0.340 e. The zero-order valence-electron chi connectivity index (χ0n) is 19.1. The van der Waals surface area contributed by atoms with Crippen LogP contribution in [0.15, 0.2) is 36.5 Å². The number of hydrogen-bond donors (Lipinski definition) is 5. The highest BCUT2D eigenvalue weighted by molar-refractivity contribution is 7.70. The van der Waals surface area contributed by atoms with Gasteiger partial charge in [0.25, 0.3) is 0 Å². The van der Waals surface area contributed by atoms with E-state index in [0.717, 1.165) is 4.68 Å². The Balaban J connectivity index is 1.56. The van der Waals surface area contributed by atoms with Gasteiger partial charge in [0.05, 0.1) is 29.9 Å². The molecule has 37 heavy (non-hydrogen) atoms. The van der Waals surface area contributed by atoms with Crippen LogP contribution in [0.25, 0.3) is 11.0 Å². The summed E-state index contributed by atoms with van der Waals surface area (Å²) in [4.78, 5) is 31.6. The number of hydrogen-bond acceptors (Lipinski definition) is 8. The SMILES string of the molecule is C[C@H](Nc1cc(Cl)nc2c1cnn2[C@@H]1O[C@H](COP(=O)(O)CP(=O)(O)O)[C@@H](O)[C@@H]1F)c1ccccc1F. The average molecular weight is 583 g/mol. The van der Waals surface area contributed by atoms with E-state index in [-0.39, 0.29) is 10.8 Å². The molecule has 0 amide bonds. The lowest BCUT2D eigenvalue weighted by atomic mass is 10.1. The Kier molecular flexibility index (Phi) is 8.06. The van der Waals surface area contributed by atoms with E-state index in [9.17, 15) is 23.5 Å². The molecule has 0 spiro atoms. The standard InChI is InChI=1S/C20H23ClF2N4O8P2/c1-10(11-4-2-3-5-13(11)22)25-14-6-16(21)26-19-12(14)7-24-27(19)20-17(23)18(28)15(35-20)8-34-37(32,33)9-36(29,30)31/h2-7,10,15,17-18,20,28H,8-9H2,1H3,(H,25,26)(H,32,33)(H2,29,30,31)/t10-,15+,17-,18+,20+/m0/s1. The van der Waals surface area contributed by atoms with Gasteiger partial charge in [0.1, 0.15) is 23.2 Å². The number of ether oxygens (including phenoxy) is 1. The second kappa shape index (κ2) is 10.6. The predicted octanol–water partition coefficient (Wildman–Crippen LogP) is 3.33. The molecule has 0 aliphatic carbocycles. The Bertz CT molecular complexity index is 1390. The molecule has 4 rings (SSSR count). The Morgan fingerprint density at radius 2 is 2.00 bits per heavy atom. The molecule has 5 N–H and O–H groups in total. The summed E-state index contributed by atoms with van der Waals surface area (Å²) in [6.45, 7) is 0.903. The predicted molar refractivity (Wildman–Crippen MR) is 128 cm³/mol. The van der Waals surface area contributed by atoms with Crippen molar-refractivity contribution >= 4 is 43.5 Å². The normalized spacial score (nSPS) is 24.8. The molecule has 1 aliphatic heterocycles. The second-order valence-electron chi connectivity index (χ2n) is 8.45. The first-order valence-electron chi connectivity index (χ1n) is 10.8. The first kappa shape index (κ1) is 28.0. The van der Waals surface area contributed by atoms with Crippen molar-refractivity contribution < 1.29 is 47.0 Å². The van der Waals surface area contributed by atoms with Gasteiger partial charge in [0.15, 0.2) is 23.9 Å². The summed E-state index contributed by atoms with van der Waals surface area (Å²) >= 11 is 6.17. The molecule has 202 valence electrons. The fourth-order valence-corrected chi connectivity index (χ4v) is 6.69. The van der Waals surface area contributed by atoms with Crippen molar-refractivity contribution in [1.82, 2.24) is 14.8 Å². The highest BCUT2D eigenvalue weighted by Crippen LogP contribution is 2.55. The van der Waals surface area contributed by atoms with E-state index in [1.807, 2.05) is 0 Å². The third-order valence-corrected chi connectivity index (χ3v) is 9.27. The molecule has 3 heterocycles. The number of aliphatic hydroxyl groups is 1. The van der Waals surface area contributed by atoms with Crippen LogP contribution in [-0.2, 0) is 18.4 Å². The van der Waals surface area contributed by atoms with Crippen LogP contribution in [0.4, 0.5) is 14.5 Å². The Morgan fingerprint density at radius 3 is 2.68 bits per heavy atom. The molecule has 6 atom stereocenters. The van der Waals surface area contributed by atoms with Crippen molar-refractivity contribution in [3.63, 3.8) is 0 Å². The number of halogens is 3. The Hall–Kier alpha value is -1.99. The van der Waals surface area contributed by atoms with Gasteiger partial charge in [-0.3, -0.25) is 9.13 Å². The molecule has 17 heteroatoms. The minimum absolute atomic E-state index is 0.00461. The van der Waals surface area contributed by atoms with Crippen molar-refractivity contribution in [2.24, 2.45) is 0 Å². The van der Waals surface area contributed by atoms with E-state index in [1.165, 1.54) is 18.3 Å². The fourth-order valence-electron chi connectivity index (χ4n) is 3.93. The zero-order chi connectivity index (χ0) is 27.1. The highest BCUT2D eigenvalue weighted by Gasteiger charge is 2.47. The third-order valence-electron chi connectivity index (χ3n) is 5.62. The summed E-state index contributed by atoms with van der Waals surface area (Å²) in [5.41, 5.74) is 0.890. The molecule has 2 aromatic heterocycles. The van der Waals surface area contributed by atoms with E-state index in [0.29, 0.717) is 16.6 Å². The quantitative estimate of drug-likeness (QED) is 0.185. The average Bonchev–Trinajstić information content (AvgIpc) is 3.32. The number of aliphatic hydroxyl groups excluding tert-OH is 1. The van der Waals surface area contributed by atoms with Gasteiger partial charge in [-0.05, 0) is 19.1 Å². The van der Waals surface area contributed by atoms with Gasteiger partial charge in [-0.2, -0.15) is 5.10 Å². The number of aromatic nitrogens is 3. The van der Waals surface area contributed by atoms with Crippen LogP contribution < -0.4 is 5.32 Å². The number of alkyl halides is 1. The van der Waals surface area contributed by atoms with Gasteiger partial charge >= 0.3 is 15.2 Å². The molecule has 3 aromatic rings. The molecule has 1 fully saturated rings. The molecule has 1 unspecified atom stereocenters. The first-order chi connectivity index (χ1) is 17.3. The van der Waals surface area contributed by atoms with Crippen molar-refractivity contribution in [2.45, 2.75) is 37.6 Å². The molecule has 12 nitrogen and oxygen atoms in total. The van der Waals surface area contributed by atoms with E-state index in [1.54, 1.807) is 25.1 Å². The van der Waals surface area contributed by atoms with Gasteiger partial charge in [-0.15, -0.1) is 0 Å². The largest absolute Gasteiger partial charge is 0.387 e. The Morgan fingerprint density at radius 1 is 1.30 bits per heavy atom. The van der Waals surface area contributed by atoms with Crippen LogP contribution in [0.5, 0.6) is 0 Å². The summed E-state index contributed by atoms with van der Waals surface area (Å²) in [5, 5.41) is 17.9. The molecule has 1 aromatic carbocycles. The van der Waals surface area contributed by atoms with Crippen LogP contribution in [0.3, 0.4) is 0 Å². The molecular formula is C20H23ClF2N4O8P2. The van der Waals surface area contributed by atoms with Gasteiger partial charge in [0, 0.05) is 5.56 Å². The van der Waals surface area contributed by atoms with Crippen molar-refractivity contribution in [3.8, 4) is 0 Å². The maximum Gasteiger partial charge on any atom is 0.340 e. The van der Waals surface area contributed by atoms with Gasteiger partial charge in [-0.1, -0.05) is 29.8 Å². The van der Waals surface area contributed by atoms with Gasteiger partial charge < -0.3 is 34.4 Å². The zero-order valence-corrected chi connectivity index (χ0v) is 21.6. The van der Waals surface area contributed by atoms with Crippen LogP contribution in [0.1, 0.15) is 24.8 Å². The lowest BCUT2D eigenvalue weighted by Crippen LogP contribution is -2.31. The minimum Gasteiger partial charge on any atom is -0.387 e. The number of rotatable bonds is 9. The molecule has 1 saturated heterocycles. The van der Waals surface area contributed by atoms with Gasteiger partial charge in [-0.25, -0.2) is 18.4 Å². The molecule has 0 radical (unpaired) electrons. The lowest BCUT2D eigenvalue weighted by Gasteiger charge is -2.18. The van der Waals surface area contributed by atoms with Crippen molar-refractivity contribution in [2.75, 3.05) is 17.8 Å². The monoisotopic (exact) mass is 582 g/mol. The van der Waals surface area contributed by atoms with Gasteiger partial charge in [0.2, 0.25) is 0 Å². The third kappa shape index (κ3) is 6.36. The molecule has 0 bridgehead atoms. The Labute approximate surface area is 213 Å². The highest BCUT2D eigenvalue weighted by atomic mass is 35.5. The summed E-state index contributed by atoms with van der Waals surface area (Å²) in [6, 6.07) is 7.19. The number of anilines is 1. The van der Waals surface area contributed by atoms with Crippen LogP contribution in [0.2, 0.25) is 5.15 Å². The van der Waals surface area contributed by atoms with E-state index >= 15 is 4.39 Å². The van der Waals surface area contributed by atoms with E-state index < -0.39 is 64.2 Å². The number of fused-ring (bicyclic) bond motifs is 1. The number of nitrogens with zero attached hydrogens (tertiary/aromatic N) is 3. The van der Waals surface area contributed by atoms with Crippen molar-refractivity contribution in [1.29, 1.82) is 0 Å². The minimum atomic E-state index is -4.87.